The van der Waals surface area contributed by atoms with Crippen LogP contribution in [0.5, 0.6) is 0 Å². The fourth-order valence-corrected chi connectivity index (χ4v) is 2.14. The van der Waals surface area contributed by atoms with E-state index in [0.717, 1.165) is 64.8 Å². The summed E-state index contributed by atoms with van der Waals surface area (Å²) in [5.41, 5.74) is 0. The Hall–Kier alpha value is -0.850. The zero-order chi connectivity index (χ0) is 14.5. The van der Waals surface area contributed by atoms with Crippen molar-refractivity contribution in [2.75, 3.05) is 66.7 Å². The average Bonchev–Trinajstić information content (AvgIpc) is 2.50. The lowest BCUT2D eigenvalue weighted by Crippen LogP contribution is -2.39. The molecule has 0 aromatic rings. The van der Waals surface area contributed by atoms with Crippen LogP contribution in [0.25, 0.3) is 0 Å². The van der Waals surface area contributed by atoms with Crippen LogP contribution < -0.4 is 10.6 Å². The summed E-state index contributed by atoms with van der Waals surface area (Å²) < 4.78 is 10.4. The molecule has 0 saturated carbocycles. The molecular formula is C14H30N4O2. The molecule has 0 aromatic heterocycles. The fourth-order valence-electron chi connectivity index (χ4n) is 2.14. The van der Waals surface area contributed by atoms with Crippen LogP contribution in [0.15, 0.2) is 4.99 Å². The monoisotopic (exact) mass is 286 g/mol. The maximum atomic E-state index is 5.34. The minimum Gasteiger partial charge on any atom is -0.385 e. The van der Waals surface area contributed by atoms with Crippen molar-refractivity contribution in [3.8, 4) is 0 Å². The van der Waals surface area contributed by atoms with Crippen LogP contribution in [-0.2, 0) is 9.47 Å². The first-order valence-electron chi connectivity index (χ1n) is 7.60. The number of methoxy groups -OCH3 is 1. The summed E-state index contributed by atoms with van der Waals surface area (Å²) in [6.45, 7) is 7.74. The summed E-state index contributed by atoms with van der Waals surface area (Å²) in [4.78, 5) is 6.67. The third kappa shape index (κ3) is 8.35. The molecule has 0 unspecified atom stereocenters. The first kappa shape index (κ1) is 17.2. The zero-order valence-corrected chi connectivity index (χ0v) is 13.0. The number of aliphatic imine (C=N–C) groups is 1. The predicted octanol–water partition coefficient (Wildman–Crippen LogP) is 0.300. The Kier molecular flexibility index (Phi) is 10.3. The smallest absolute Gasteiger partial charge is 0.190 e. The molecule has 1 rings (SSSR count). The summed E-state index contributed by atoms with van der Waals surface area (Å²) in [5.74, 6) is 0.882. The largest absolute Gasteiger partial charge is 0.385 e. The molecule has 1 aliphatic heterocycles. The Bertz CT molecular complexity index is 256. The van der Waals surface area contributed by atoms with E-state index in [9.17, 15) is 0 Å². The van der Waals surface area contributed by atoms with Crippen LogP contribution in [0.2, 0.25) is 0 Å². The van der Waals surface area contributed by atoms with E-state index in [1.807, 2.05) is 0 Å². The summed E-state index contributed by atoms with van der Waals surface area (Å²) in [6, 6.07) is 0. The topological polar surface area (TPSA) is 58.1 Å². The highest BCUT2D eigenvalue weighted by atomic mass is 16.5. The molecule has 0 radical (unpaired) electrons. The van der Waals surface area contributed by atoms with Crippen LogP contribution in [0, 0.1) is 0 Å². The molecule has 6 heteroatoms. The number of nitrogens with one attached hydrogen (secondary N) is 2. The van der Waals surface area contributed by atoms with Gasteiger partial charge in [-0.2, -0.15) is 0 Å². The first-order valence-corrected chi connectivity index (χ1v) is 7.60. The van der Waals surface area contributed by atoms with E-state index in [2.05, 4.69) is 20.5 Å². The summed E-state index contributed by atoms with van der Waals surface area (Å²) in [5, 5.41) is 6.62. The van der Waals surface area contributed by atoms with E-state index >= 15 is 0 Å². The average molecular weight is 286 g/mol. The Morgan fingerprint density at radius 2 is 1.85 bits per heavy atom. The zero-order valence-electron chi connectivity index (χ0n) is 13.0. The standard InChI is InChI=1S/C14H30N4O2/c1-15-14(17-7-5-11-19-2)16-6-3-4-8-18-9-12-20-13-10-18/h3-13H2,1-2H3,(H2,15,16,17). The van der Waals surface area contributed by atoms with Gasteiger partial charge in [0, 0.05) is 46.9 Å². The number of guanidine groups is 1. The second kappa shape index (κ2) is 11.9. The Morgan fingerprint density at radius 3 is 2.50 bits per heavy atom. The van der Waals surface area contributed by atoms with Gasteiger partial charge in [-0.1, -0.05) is 0 Å². The molecule has 0 amide bonds. The molecule has 0 aromatic carbocycles. The van der Waals surface area contributed by atoms with Gasteiger partial charge in [0.05, 0.1) is 13.2 Å². The van der Waals surface area contributed by atoms with Crippen molar-refractivity contribution in [3.63, 3.8) is 0 Å². The van der Waals surface area contributed by atoms with E-state index in [0.29, 0.717) is 0 Å². The van der Waals surface area contributed by atoms with Gasteiger partial charge in [0.1, 0.15) is 0 Å². The lowest BCUT2D eigenvalue weighted by molar-refractivity contribution is 0.0372. The predicted molar refractivity (Wildman–Crippen MR) is 82.4 cm³/mol. The molecule has 0 spiro atoms. The quantitative estimate of drug-likeness (QED) is 0.363. The molecule has 1 saturated heterocycles. The number of hydrogen-bond acceptors (Lipinski definition) is 4. The normalized spacial score (nSPS) is 17.2. The molecule has 1 fully saturated rings. The van der Waals surface area contributed by atoms with Crippen molar-refractivity contribution in [1.82, 2.24) is 15.5 Å². The van der Waals surface area contributed by atoms with Gasteiger partial charge in [-0.15, -0.1) is 0 Å². The third-order valence-corrected chi connectivity index (χ3v) is 3.34. The van der Waals surface area contributed by atoms with Gasteiger partial charge in [0.2, 0.25) is 0 Å². The third-order valence-electron chi connectivity index (χ3n) is 3.34. The number of morpholine rings is 1. The lowest BCUT2D eigenvalue weighted by Gasteiger charge is -2.26. The Balaban J connectivity index is 1.95. The van der Waals surface area contributed by atoms with E-state index in [-0.39, 0.29) is 0 Å². The van der Waals surface area contributed by atoms with Crippen molar-refractivity contribution in [2.45, 2.75) is 19.3 Å². The Morgan fingerprint density at radius 1 is 1.15 bits per heavy atom. The number of unbranched alkanes of at least 4 members (excludes halogenated alkanes) is 1. The van der Waals surface area contributed by atoms with Gasteiger partial charge >= 0.3 is 0 Å². The lowest BCUT2D eigenvalue weighted by atomic mass is 10.3. The molecule has 0 bridgehead atoms. The minimum atomic E-state index is 0.781. The van der Waals surface area contributed by atoms with Crippen molar-refractivity contribution < 1.29 is 9.47 Å². The van der Waals surface area contributed by atoms with Gasteiger partial charge < -0.3 is 20.1 Å². The van der Waals surface area contributed by atoms with Gasteiger partial charge in [-0.25, -0.2) is 0 Å². The van der Waals surface area contributed by atoms with Crippen LogP contribution in [0.1, 0.15) is 19.3 Å². The molecular weight excluding hydrogens is 256 g/mol. The van der Waals surface area contributed by atoms with Gasteiger partial charge in [-0.3, -0.25) is 9.89 Å². The van der Waals surface area contributed by atoms with Gasteiger partial charge in [0.25, 0.3) is 0 Å². The molecule has 20 heavy (non-hydrogen) atoms. The first-order chi connectivity index (χ1) is 9.86. The van der Waals surface area contributed by atoms with Crippen molar-refractivity contribution in [2.24, 2.45) is 4.99 Å². The van der Waals surface area contributed by atoms with Crippen LogP contribution in [0.4, 0.5) is 0 Å². The summed E-state index contributed by atoms with van der Waals surface area (Å²) >= 11 is 0. The highest BCUT2D eigenvalue weighted by Gasteiger charge is 2.08. The number of nitrogens with zero attached hydrogens (tertiary/aromatic N) is 2. The molecule has 1 aliphatic rings. The van der Waals surface area contributed by atoms with Crippen molar-refractivity contribution >= 4 is 5.96 Å². The molecule has 1 heterocycles. The molecule has 2 N–H and O–H groups in total. The van der Waals surface area contributed by atoms with Crippen molar-refractivity contribution in [3.05, 3.63) is 0 Å². The van der Waals surface area contributed by atoms with Crippen LogP contribution in [-0.4, -0.2) is 77.6 Å². The van der Waals surface area contributed by atoms with Crippen LogP contribution in [0.3, 0.4) is 0 Å². The second-order valence-corrected chi connectivity index (χ2v) is 4.93. The number of ether oxygens (including phenoxy) is 2. The highest BCUT2D eigenvalue weighted by Crippen LogP contribution is 1.99. The van der Waals surface area contributed by atoms with Gasteiger partial charge in [-0.05, 0) is 25.8 Å². The number of rotatable bonds is 9. The summed E-state index contributed by atoms with van der Waals surface area (Å²) in [7, 11) is 3.53. The van der Waals surface area contributed by atoms with E-state index in [1.54, 1.807) is 14.2 Å². The molecule has 0 aliphatic carbocycles. The van der Waals surface area contributed by atoms with E-state index in [4.69, 9.17) is 9.47 Å². The van der Waals surface area contributed by atoms with Crippen LogP contribution >= 0.6 is 0 Å². The fraction of sp³-hybridized carbons (Fsp3) is 0.929. The maximum Gasteiger partial charge on any atom is 0.190 e. The minimum absolute atomic E-state index is 0.781. The van der Waals surface area contributed by atoms with Crippen molar-refractivity contribution in [1.29, 1.82) is 0 Å². The number of hydrogen-bond donors (Lipinski definition) is 2. The Labute approximate surface area is 122 Å². The van der Waals surface area contributed by atoms with E-state index in [1.165, 1.54) is 13.0 Å². The summed E-state index contributed by atoms with van der Waals surface area (Å²) in [6.07, 6.45) is 3.37. The SMILES string of the molecule is CN=C(NCCCCN1CCOCC1)NCCCOC. The second-order valence-electron chi connectivity index (χ2n) is 4.93. The maximum absolute atomic E-state index is 5.34. The molecule has 6 nitrogen and oxygen atoms in total. The molecule has 118 valence electrons. The molecule has 0 atom stereocenters. The van der Waals surface area contributed by atoms with Gasteiger partial charge in [0.15, 0.2) is 5.96 Å². The van der Waals surface area contributed by atoms with E-state index < -0.39 is 0 Å². The highest BCUT2D eigenvalue weighted by molar-refractivity contribution is 5.79.